The molecule has 0 unspecified atom stereocenters. The Morgan fingerprint density at radius 1 is 0.682 bits per heavy atom. The third-order valence-corrected chi connectivity index (χ3v) is 4.94. The zero-order valence-corrected chi connectivity index (χ0v) is 13.4. The molecule has 0 aromatic heterocycles. The first kappa shape index (κ1) is 14.5. The standard InChI is InChI=1S/C22H20/c1-15-12-13-16(14-15)22(2,3)21-19-10-6-4-8-17(19)18-9-5-7-11-20(18)21/h4-14H,1-3H3. The number of fused-ring (bicyclic) bond motifs is 3. The van der Waals surface area contributed by atoms with E-state index in [0.29, 0.717) is 0 Å². The molecule has 10 radical (unpaired) electrons. The van der Waals surface area contributed by atoms with Crippen LogP contribution in [0, 0.1) is 66.1 Å². The summed E-state index contributed by atoms with van der Waals surface area (Å²) in [6, 6.07) is 0. The average molecular weight is 284 g/mol. The SMILES string of the molecule is C[C]1[CH][CH][C](C(C)(C)[C]2[C]3C=CC=C[C]3[C]3C=CC=C[C]32)[CH]1. The molecule has 0 saturated heterocycles. The molecule has 0 aromatic carbocycles. The smallest absolute Gasteiger partial charge is 0.0209 e. The Bertz CT molecular complexity index is 510. The van der Waals surface area contributed by atoms with Crippen LogP contribution in [-0.4, -0.2) is 0 Å². The molecular formula is C22H20. The van der Waals surface area contributed by atoms with E-state index < -0.39 is 0 Å². The number of hydrogen-bond donors (Lipinski definition) is 0. The van der Waals surface area contributed by atoms with Gasteiger partial charge in [0.1, 0.15) is 0 Å². The van der Waals surface area contributed by atoms with Gasteiger partial charge in [-0.2, -0.15) is 0 Å². The molecule has 0 aliphatic heterocycles. The molecule has 0 spiro atoms. The van der Waals surface area contributed by atoms with E-state index >= 15 is 0 Å². The van der Waals surface area contributed by atoms with Crippen LogP contribution < -0.4 is 0 Å². The molecule has 108 valence electrons. The Kier molecular flexibility index (Phi) is 3.47. The third-order valence-electron chi connectivity index (χ3n) is 4.94. The minimum atomic E-state index is -0.00301. The van der Waals surface area contributed by atoms with Crippen molar-refractivity contribution in [3.05, 3.63) is 109 Å². The highest BCUT2D eigenvalue weighted by Crippen LogP contribution is 2.65. The van der Waals surface area contributed by atoms with E-state index in [4.69, 9.17) is 0 Å². The third kappa shape index (κ3) is 2.10. The van der Waals surface area contributed by atoms with Crippen LogP contribution >= 0.6 is 0 Å². The highest BCUT2D eigenvalue weighted by Gasteiger charge is 2.57. The van der Waals surface area contributed by atoms with Gasteiger partial charge in [0.15, 0.2) is 0 Å². The lowest BCUT2D eigenvalue weighted by Crippen LogP contribution is -2.33. The van der Waals surface area contributed by atoms with Gasteiger partial charge in [-0.15, -0.1) is 0 Å². The second-order valence-corrected chi connectivity index (χ2v) is 6.77. The van der Waals surface area contributed by atoms with E-state index in [9.17, 15) is 0 Å². The van der Waals surface area contributed by atoms with Gasteiger partial charge in [0.2, 0.25) is 0 Å². The lowest BCUT2D eigenvalue weighted by Gasteiger charge is -2.42. The Balaban J connectivity index is 1.70. The van der Waals surface area contributed by atoms with E-state index in [2.05, 4.69) is 88.6 Å². The Morgan fingerprint density at radius 2 is 1.18 bits per heavy atom. The molecule has 4 aliphatic carbocycles. The summed E-state index contributed by atoms with van der Waals surface area (Å²) >= 11 is 0. The van der Waals surface area contributed by atoms with Gasteiger partial charge in [-0.1, -0.05) is 69.4 Å². The zero-order chi connectivity index (χ0) is 15.3. The minimum absolute atomic E-state index is 0.00301. The molecule has 0 heteroatoms. The van der Waals surface area contributed by atoms with Crippen LogP contribution in [0.2, 0.25) is 0 Å². The van der Waals surface area contributed by atoms with Gasteiger partial charge >= 0.3 is 0 Å². The molecule has 2 saturated carbocycles. The van der Waals surface area contributed by atoms with Crippen molar-refractivity contribution in [2.45, 2.75) is 20.8 Å². The number of rotatable bonds is 2. The Labute approximate surface area is 136 Å². The van der Waals surface area contributed by atoms with Crippen molar-refractivity contribution in [2.24, 2.45) is 5.41 Å². The van der Waals surface area contributed by atoms with Gasteiger partial charge in [0.05, 0.1) is 0 Å². The predicted molar refractivity (Wildman–Crippen MR) is 91.6 cm³/mol. The molecule has 0 bridgehead atoms. The highest BCUT2D eigenvalue weighted by molar-refractivity contribution is 5.78. The number of hydrogen-bond acceptors (Lipinski definition) is 0. The monoisotopic (exact) mass is 284 g/mol. The van der Waals surface area contributed by atoms with Gasteiger partial charge in [0, 0.05) is 29.6 Å². The first-order valence-corrected chi connectivity index (χ1v) is 7.89. The lowest BCUT2D eigenvalue weighted by molar-refractivity contribution is 0.438. The fraction of sp³-hybridized carbons (Fsp3) is 0.182. The van der Waals surface area contributed by atoms with E-state index in [1.807, 2.05) is 0 Å². The Morgan fingerprint density at radius 3 is 1.64 bits per heavy atom. The van der Waals surface area contributed by atoms with E-state index in [-0.39, 0.29) is 5.41 Å². The van der Waals surface area contributed by atoms with Crippen LogP contribution in [0.25, 0.3) is 0 Å². The fourth-order valence-corrected chi connectivity index (χ4v) is 3.79. The van der Waals surface area contributed by atoms with E-state index in [1.165, 1.54) is 41.4 Å². The van der Waals surface area contributed by atoms with Gasteiger partial charge in [-0.25, -0.2) is 0 Å². The molecule has 0 atom stereocenters. The van der Waals surface area contributed by atoms with E-state index in [0.717, 1.165) is 0 Å². The molecule has 2 fully saturated rings. The summed E-state index contributed by atoms with van der Waals surface area (Å²) in [5.74, 6) is 9.67. The van der Waals surface area contributed by atoms with Crippen molar-refractivity contribution in [3.8, 4) is 0 Å². The van der Waals surface area contributed by atoms with Crippen molar-refractivity contribution in [1.82, 2.24) is 0 Å². The normalized spacial score (nSPS) is 28.9. The fourth-order valence-electron chi connectivity index (χ4n) is 3.79. The molecule has 0 N–H and O–H groups in total. The maximum absolute atomic E-state index is 2.34. The van der Waals surface area contributed by atoms with Crippen LogP contribution in [0.3, 0.4) is 0 Å². The summed E-state index contributed by atoms with van der Waals surface area (Å²) in [5, 5.41) is 0. The van der Waals surface area contributed by atoms with Crippen molar-refractivity contribution in [2.75, 3.05) is 0 Å². The van der Waals surface area contributed by atoms with Gasteiger partial charge in [-0.3, -0.25) is 0 Å². The molecule has 0 nitrogen and oxygen atoms in total. The zero-order valence-electron chi connectivity index (χ0n) is 13.4. The first-order chi connectivity index (χ1) is 10.6. The molecule has 0 heterocycles. The number of allylic oxidation sites excluding steroid dienone is 8. The second kappa shape index (κ2) is 5.25. The van der Waals surface area contributed by atoms with Crippen molar-refractivity contribution < 1.29 is 0 Å². The minimum Gasteiger partial charge on any atom is -0.0758 e. The summed E-state index contributed by atoms with van der Waals surface area (Å²) in [4.78, 5) is 0. The van der Waals surface area contributed by atoms with Crippen molar-refractivity contribution in [1.29, 1.82) is 0 Å². The molecule has 22 heavy (non-hydrogen) atoms. The first-order valence-electron chi connectivity index (χ1n) is 7.89. The quantitative estimate of drug-likeness (QED) is 0.673. The average Bonchev–Trinajstić information content (AvgIpc) is 3.09. The maximum Gasteiger partial charge on any atom is 0.0209 e. The maximum atomic E-state index is 2.34. The highest BCUT2D eigenvalue weighted by atomic mass is 14.6. The molecule has 4 aliphatic rings. The van der Waals surface area contributed by atoms with Gasteiger partial charge in [0.25, 0.3) is 0 Å². The summed E-state index contributed by atoms with van der Waals surface area (Å²) in [6.45, 7) is 6.85. The Hall–Kier alpha value is -1.04. The van der Waals surface area contributed by atoms with Crippen LogP contribution in [0.1, 0.15) is 20.8 Å². The summed E-state index contributed by atoms with van der Waals surface area (Å²) < 4.78 is 0. The van der Waals surface area contributed by atoms with Crippen LogP contribution in [-0.2, 0) is 0 Å². The molecule has 0 amide bonds. The van der Waals surface area contributed by atoms with Crippen LogP contribution in [0.15, 0.2) is 48.6 Å². The molecule has 0 aromatic rings. The predicted octanol–water partition coefficient (Wildman–Crippen LogP) is 4.95. The van der Waals surface area contributed by atoms with Gasteiger partial charge < -0.3 is 0 Å². The summed E-state index contributed by atoms with van der Waals surface area (Å²) in [7, 11) is 0. The largest absolute Gasteiger partial charge is 0.0758 e. The molecule has 4 rings (SSSR count). The van der Waals surface area contributed by atoms with Crippen molar-refractivity contribution in [3.63, 3.8) is 0 Å². The molecular weight excluding hydrogens is 264 g/mol. The lowest BCUT2D eigenvalue weighted by atomic mass is 9.61. The van der Waals surface area contributed by atoms with E-state index in [1.54, 1.807) is 0 Å². The van der Waals surface area contributed by atoms with Crippen molar-refractivity contribution >= 4 is 0 Å². The summed E-state index contributed by atoms with van der Waals surface area (Å²) in [5.41, 5.74) is -0.00301. The topological polar surface area (TPSA) is 0 Å². The summed E-state index contributed by atoms with van der Waals surface area (Å²) in [6.07, 6.45) is 24.4. The second-order valence-electron chi connectivity index (χ2n) is 6.77. The van der Waals surface area contributed by atoms with Crippen LogP contribution in [0.4, 0.5) is 0 Å². The van der Waals surface area contributed by atoms with Gasteiger partial charge in [-0.05, 0) is 36.5 Å². The van der Waals surface area contributed by atoms with Crippen LogP contribution in [0.5, 0.6) is 0 Å².